The van der Waals surface area contributed by atoms with E-state index in [1.807, 2.05) is 39.0 Å². The zero-order valence-electron chi connectivity index (χ0n) is 9.28. The van der Waals surface area contributed by atoms with E-state index < -0.39 is 0 Å². The zero-order chi connectivity index (χ0) is 11.3. The van der Waals surface area contributed by atoms with Crippen molar-refractivity contribution in [3.8, 4) is 6.07 Å². The summed E-state index contributed by atoms with van der Waals surface area (Å²) < 4.78 is 0. The molecule has 0 saturated carbocycles. The summed E-state index contributed by atoms with van der Waals surface area (Å²) in [5.41, 5.74) is 1.77. The molecule has 0 aliphatic rings. The van der Waals surface area contributed by atoms with Gasteiger partial charge in [-0.05, 0) is 18.6 Å². The number of pyridine rings is 1. The van der Waals surface area contributed by atoms with Crippen molar-refractivity contribution in [3.63, 3.8) is 0 Å². The van der Waals surface area contributed by atoms with Gasteiger partial charge in [0, 0.05) is 23.2 Å². The molecule has 1 aromatic heterocycles. The highest BCUT2D eigenvalue weighted by molar-refractivity contribution is 5.89. The number of aromatic nitrogens is 1. The van der Waals surface area contributed by atoms with E-state index in [2.05, 4.69) is 11.1 Å². The second-order valence-electron chi connectivity index (χ2n) is 2.97. The van der Waals surface area contributed by atoms with Gasteiger partial charge < -0.3 is 0 Å². The average molecular weight is 198 g/mol. The maximum Gasteiger partial charge on any atom is 0.0998 e. The van der Waals surface area contributed by atoms with E-state index in [0.29, 0.717) is 0 Å². The van der Waals surface area contributed by atoms with Crippen molar-refractivity contribution in [2.75, 3.05) is 0 Å². The van der Waals surface area contributed by atoms with E-state index in [4.69, 9.17) is 5.26 Å². The minimum absolute atomic E-state index is 0.720. The van der Waals surface area contributed by atoms with Gasteiger partial charge in [0.15, 0.2) is 0 Å². The largest absolute Gasteiger partial charge is 0.264 e. The van der Waals surface area contributed by atoms with Crippen molar-refractivity contribution in [3.05, 3.63) is 41.7 Å². The van der Waals surface area contributed by atoms with Gasteiger partial charge in [-0.25, -0.2) is 0 Å². The molecule has 0 unspecified atom stereocenters. The lowest BCUT2D eigenvalue weighted by atomic mass is 10.0. The highest BCUT2D eigenvalue weighted by Gasteiger charge is 2.01. The summed E-state index contributed by atoms with van der Waals surface area (Å²) in [6.45, 7) is 5.97. The summed E-state index contributed by atoms with van der Waals surface area (Å²) in [5, 5.41) is 10.9. The maximum absolute atomic E-state index is 8.89. The fraction of sp³-hybridized carbons (Fsp3) is 0.231. The molecule has 2 rings (SSSR count). The molecule has 76 valence electrons. The van der Waals surface area contributed by atoms with Crippen LogP contribution in [0.3, 0.4) is 0 Å². The lowest BCUT2D eigenvalue weighted by Crippen LogP contribution is -1.85. The van der Waals surface area contributed by atoms with E-state index >= 15 is 0 Å². The maximum atomic E-state index is 8.89. The third-order valence-corrected chi connectivity index (χ3v) is 2.09. The molecular formula is C13H14N2. The molecular weight excluding hydrogens is 184 g/mol. The van der Waals surface area contributed by atoms with Gasteiger partial charge in [-0.1, -0.05) is 26.0 Å². The monoisotopic (exact) mass is 198 g/mol. The van der Waals surface area contributed by atoms with Crippen molar-refractivity contribution < 1.29 is 0 Å². The number of hydrogen-bond donors (Lipinski definition) is 0. The number of benzene rings is 1. The second kappa shape index (κ2) is 5.11. The Morgan fingerprint density at radius 3 is 2.60 bits per heavy atom. The number of rotatable bonds is 0. The zero-order valence-corrected chi connectivity index (χ0v) is 9.28. The number of aryl methyl sites for hydroxylation is 1. The van der Waals surface area contributed by atoms with Crippen molar-refractivity contribution in [1.29, 1.82) is 5.26 Å². The predicted octanol–water partition coefficient (Wildman–Crippen LogP) is 3.44. The summed E-state index contributed by atoms with van der Waals surface area (Å²) >= 11 is 0. The quantitative estimate of drug-likeness (QED) is 0.650. The summed E-state index contributed by atoms with van der Waals surface area (Å²) in [7, 11) is 0. The Morgan fingerprint density at radius 1 is 1.20 bits per heavy atom. The van der Waals surface area contributed by atoms with Crippen LogP contribution < -0.4 is 0 Å². The molecule has 2 nitrogen and oxygen atoms in total. The van der Waals surface area contributed by atoms with E-state index in [9.17, 15) is 0 Å². The number of fused-ring (bicyclic) bond motifs is 1. The van der Waals surface area contributed by atoms with Crippen molar-refractivity contribution in [2.45, 2.75) is 20.8 Å². The summed E-state index contributed by atoms with van der Waals surface area (Å²) in [4.78, 5) is 4.08. The molecule has 0 radical (unpaired) electrons. The van der Waals surface area contributed by atoms with Crippen molar-refractivity contribution >= 4 is 10.8 Å². The number of nitriles is 1. The summed E-state index contributed by atoms with van der Waals surface area (Å²) in [5.74, 6) is 0. The van der Waals surface area contributed by atoms with E-state index in [-0.39, 0.29) is 0 Å². The van der Waals surface area contributed by atoms with Crippen LogP contribution in [0.25, 0.3) is 10.8 Å². The van der Waals surface area contributed by atoms with Gasteiger partial charge in [0.25, 0.3) is 0 Å². The number of hydrogen-bond acceptors (Lipinski definition) is 2. The van der Waals surface area contributed by atoms with Gasteiger partial charge in [0.05, 0.1) is 11.6 Å². The lowest BCUT2D eigenvalue weighted by molar-refractivity contribution is 1.30. The topological polar surface area (TPSA) is 36.7 Å². The van der Waals surface area contributed by atoms with Crippen LogP contribution in [0.15, 0.2) is 30.6 Å². The fourth-order valence-corrected chi connectivity index (χ4v) is 1.50. The Bertz CT molecular complexity index is 490. The van der Waals surface area contributed by atoms with Crippen LogP contribution in [0.1, 0.15) is 25.0 Å². The molecule has 0 atom stereocenters. The molecule has 0 amide bonds. The highest BCUT2D eigenvalue weighted by atomic mass is 14.6. The van der Waals surface area contributed by atoms with Crippen LogP contribution in [0, 0.1) is 18.3 Å². The third-order valence-electron chi connectivity index (χ3n) is 2.09. The van der Waals surface area contributed by atoms with E-state index in [0.717, 1.165) is 21.9 Å². The number of nitrogens with zero attached hydrogens (tertiary/aromatic N) is 2. The third kappa shape index (κ3) is 2.13. The first-order chi connectivity index (χ1) is 7.33. The molecule has 0 aliphatic carbocycles. The molecule has 0 saturated heterocycles. The van der Waals surface area contributed by atoms with Gasteiger partial charge in [0.1, 0.15) is 0 Å². The first-order valence-corrected chi connectivity index (χ1v) is 5.06. The first kappa shape index (κ1) is 11.2. The predicted molar refractivity (Wildman–Crippen MR) is 62.5 cm³/mol. The fourth-order valence-electron chi connectivity index (χ4n) is 1.50. The average Bonchev–Trinajstić information content (AvgIpc) is 2.31. The minimum Gasteiger partial charge on any atom is -0.264 e. The van der Waals surface area contributed by atoms with Crippen LogP contribution in [0.4, 0.5) is 0 Å². The SMILES string of the molecule is CC.Cc1cncc2cccc(C#N)c12. The van der Waals surface area contributed by atoms with Crippen LogP contribution in [0.5, 0.6) is 0 Å². The molecule has 0 spiro atoms. The molecule has 0 fully saturated rings. The van der Waals surface area contributed by atoms with Crippen LogP contribution in [-0.2, 0) is 0 Å². The van der Waals surface area contributed by atoms with Crippen molar-refractivity contribution in [2.24, 2.45) is 0 Å². The summed E-state index contributed by atoms with van der Waals surface area (Å²) in [6, 6.07) is 7.86. The lowest BCUT2D eigenvalue weighted by Gasteiger charge is -2.01. The Labute approximate surface area is 90.2 Å². The van der Waals surface area contributed by atoms with Crippen LogP contribution in [-0.4, -0.2) is 4.98 Å². The summed E-state index contributed by atoms with van der Waals surface area (Å²) in [6.07, 6.45) is 3.56. The molecule has 0 N–H and O–H groups in total. The van der Waals surface area contributed by atoms with Gasteiger partial charge in [-0.2, -0.15) is 5.26 Å². The molecule has 2 aromatic rings. The van der Waals surface area contributed by atoms with E-state index in [1.54, 1.807) is 12.4 Å². The van der Waals surface area contributed by atoms with E-state index in [1.165, 1.54) is 0 Å². The minimum atomic E-state index is 0.720. The van der Waals surface area contributed by atoms with Gasteiger partial charge in [-0.15, -0.1) is 0 Å². The molecule has 0 aliphatic heterocycles. The molecule has 1 aromatic carbocycles. The van der Waals surface area contributed by atoms with Crippen LogP contribution in [0.2, 0.25) is 0 Å². The highest BCUT2D eigenvalue weighted by Crippen LogP contribution is 2.20. The molecule has 15 heavy (non-hydrogen) atoms. The second-order valence-corrected chi connectivity index (χ2v) is 2.97. The van der Waals surface area contributed by atoms with Gasteiger partial charge >= 0.3 is 0 Å². The Morgan fingerprint density at radius 2 is 1.93 bits per heavy atom. The van der Waals surface area contributed by atoms with Crippen molar-refractivity contribution in [1.82, 2.24) is 4.98 Å². The van der Waals surface area contributed by atoms with Gasteiger partial charge in [0.2, 0.25) is 0 Å². The standard InChI is InChI=1S/C11H8N2.C2H6/c1-8-6-13-7-10-4-2-3-9(5-12)11(8)10;1-2/h2-4,6-7H,1H3;1-2H3. The smallest absolute Gasteiger partial charge is 0.0998 e. The normalized spacial score (nSPS) is 8.93. The Kier molecular flexibility index (Phi) is 3.82. The first-order valence-electron chi connectivity index (χ1n) is 5.06. The van der Waals surface area contributed by atoms with Crippen LogP contribution >= 0.6 is 0 Å². The molecule has 1 heterocycles. The Balaban J connectivity index is 0.000000531. The van der Waals surface area contributed by atoms with Gasteiger partial charge in [-0.3, -0.25) is 4.98 Å². The molecule has 0 bridgehead atoms. The Hall–Kier alpha value is -1.88. The molecule has 2 heteroatoms.